The Labute approximate surface area is 167 Å². The van der Waals surface area contributed by atoms with Crippen molar-refractivity contribution >= 4 is 5.91 Å². The topological polar surface area (TPSA) is 36.0 Å². The van der Waals surface area contributed by atoms with Crippen LogP contribution in [0.15, 0.2) is 0 Å². The molecule has 2 saturated heterocycles. The zero-order valence-electron chi connectivity index (χ0n) is 17.3. The highest BCUT2D eigenvalue weighted by atomic mass is 19.4. The van der Waals surface area contributed by atoms with Gasteiger partial charge in [-0.2, -0.15) is 13.2 Å². The number of carbonyl (C=O) groups is 1. The fourth-order valence-corrected chi connectivity index (χ4v) is 4.38. The molecule has 0 N–H and O–H groups in total. The zero-order valence-corrected chi connectivity index (χ0v) is 17.3. The van der Waals surface area contributed by atoms with Crippen LogP contribution in [0.25, 0.3) is 0 Å². The second-order valence-corrected chi connectivity index (χ2v) is 8.12. The highest BCUT2D eigenvalue weighted by Gasteiger charge is 2.32. The van der Waals surface area contributed by atoms with E-state index in [1.54, 1.807) is 12.0 Å². The van der Waals surface area contributed by atoms with Gasteiger partial charge >= 0.3 is 6.18 Å². The SMILES string of the molecule is CCN1CCC[C@H]1CN(CC1CCN(CCOC)CC1)C(=O)CCC(F)(F)F. The van der Waals surface area contributed by atoms with E-state index >= 15 is 0 Å². The normalized spacial score (nSPS) is 22.7. The van der Waals surface area contributed by atoms with Crippen LogP contribution in [0.4, 0.5) is 13.2 Å². The summed E-state index contributed by atoms with van der Waals surface area (Å²) in [6.07, 6.45) is -1.66. The highest BCUT2D eigenvalue weighted by Crippen LogP contribution is 2.25. The van der Waals surface area contributed by atoms with Crippen LogP contribution in [0.1, 0.15) is 45.4 Å². The van der Waals surface area contributed by atoms with Crippen molar-refractivity contribution < 1.29 is 22.7 Å². The van der Waals surface area contributed by atoms with Crippen LogP contribution in [0.5, 0.6) is 0 Å². The van der Waals surface area contributed by atoms with Crippen LogP contribution in [-0.4, -0.2) is 92.4 Å². The lowest BCUT2D eigenvalue weighted by Gasteiger charge is -2.36. The molecule has 0 saturated carbocycles. The van der Waals surface area contributed by atoms with Crippen molar-refractivity contribution in [1.82, 2.24) is 14.7 Å². The molecule has 8 heteroatoms. The molecule has 2 fully saturated rings. The number of nitrogens with zero attached hydrogens (tertiary/aromatic N) is 3. The third kappa shape index (κ3) is 7.87. The van der Waals surface area contributed by atoms with Gasteiger partial charge in [0.1, 0.15) is 0 Å². The molecule has 0 spiro atoms. The number of carbonyl (C=O) groups excluding carboxylic acids is 1. The van der Waals surface area contributed by atoms with Crippen molar-refractivity contribution in [3.05, 3.63) is 0 Å². The van der Waals surface area contributed by atoms with E-state index in [-0.39, 0.29) is 11.9 Å². The van der Waals surface area contributed by atoms with Crippen LogP contribution in [0.3, 0.4) is 0 Å². The summed E-state index contributed by atoms with van der Waals surface area (Å²) in [4.78, 5) is 19.1. The maximum Gasteiger partial charge on any atom is 0.389 e. The number of methoxy groups -OCH3 is 1. The molecule has 2 aliphatic rings. The molecule has 0 aromatic heterocycles. The molecular weight excluding hydrogens is 371 g/mol. The number of likely N-dealkylation sites (tertiary alicyclic amines) is 2. The molecule has 28 heavy (non-hydrogen) atoms. The van der Waals surface area contributed by atoms with E-state index < -0.39 is 19.0 Å². The molecule has 2 aliphatic heterocycles. The van der Waals surface area contributed by atoms with Gasteiger partial charge in [-0.25, -0.2) is 0 Å². The van der Waals surface area contributed by atoms with E-state index in [1.165, 1.54) is 0 Å². The summed E-state index contributed by atoms with van der Waals surface area (Å²) in [6, 6.07) is 0.279. The number of piperidine rings is 1. The van der Waals surface area contributed by atoms with Gasteiger partial charge in [-0.1, -0.05) is 6.92 Å². The summed E-state index contributed by atoms with van der Waals surface area (Å²) in [5, 5.41) is 0. The predicted octanol–water partition coefficient (Wildman–Crippen LogP) is 3.00. The van der Waals surface area contributed by atoms with Crippen molar-refractivity contribution in [3.8, 4) is 0 Å². The molecule has 0 bridgehead atoms. The summed E-state index contributed by atoms with van der Waals surface area (Å²) in [5.74, 6) is 0.0206. The average molecular weight is 408 g/mol. The number of amides is 1. The Hall–Kier alpha value is -0.860. The summed E-state index contributed by atoms with van der Waals surface area (Å²) in [5.41, 5.74) is 0. The van der Waals surface area contributed by atoms with Crippen molar-refractivity contribution in [2.75, 3.05) is 59.5 Å². The molecule has 2 rings (SSSR count). The standard InChI is InChI=1S/C20H36F3N3O2/c1-3-25-10-4-5-18(25)16-26(19(27)6-9-20(21,22)23)15-17-7-11-24(12-8-17)13-14-28-2/h17-18H,3-16H2,1-2H3/t18-/m0/s1. The summed E-state index contributed by atoms with van der Waals surface area (Å²) < 4.78 is 43.0. The molecule has 0 aromatic carbocycles. The van der Waals surface area contributed by atoms with Crippen LogP contribution in [-0.2, 0) is 9.53 Å². The fourth-order valence-electron chi connectivity index (χ4n) is 4.38. The smallest absolute Gasteiger partial charge is 0.383 e. The quantitative estimate of drug-likeness (QED) is 0.558. The van der Waals surface area contributed by atoms with E-state index in [2.05, 4.69) is 16.7 Å². The first-order valence-corrected chi connectivity index (χ1v) is 10.6. The molecule has 2 heterocycles. The van der Waals surface area contributed by atoms with Gasteiger partial charge in [-0.15, -0.1) is 0 Å². The van der Waals surface area contributed by atoms with E-state index in [9.17, 15) is 18.0 Å². The summed E-state index contributed by atoms with van der Waals surface area (Å²) in [7, 11) is 1.69. The Morgan fingerprint density at radius 1 is 1.14 bits per heavy atom. The molecular formula is C20H36F3N3O2. The van der Waals surface area contributed by atoms with Crippen molar-refractivity contribution in [1.29, 1.82) is 0 Å². The second-order valence-electron chi connectivity index (χ2n) is 8.12. The minimum atomic E-state index is -4.28. The lowest BCUT2D eigenvalue weighted by atomic mass is 9.95. The third-order valence-electron chi connectivity index (χ3n) is 6.11. The number of hydrogen-bond acceptors (Lipinski definition) is 4. The number of halogens is 3. The first-order chi connectivity index (χ1) is 13.3. The van der Waals surface area contributed by atoms with Crippen LogP contribution >= 0.6 is 0 Å². The molecule has 0 radical (unpaired) electrons. The summed E-state index contributed by atoms with van der Waals surface area (Å²) in [6.45, 7) is 8.73. The van der Waals surface area contributed by atoms with Crippen molar-refractivity contribution in [3.63, 3.8) is 0 Å². The number of alkyl halides is 3. The molecule has 5 nitrogen and oxygen atoms in total. The van der Waals surface area contributed by atoms with Gasteiger partial charge in [-0.3, -0.25) is 9.69 Å². The Balaban J connectivity index is 1.91. The molecule has 0 aliphatic carbocycles. The van der Waals surface area contributed by atoms with Gasteiger partial charge in [0.25, 0.3) is 0 Å². The average Bonchev–Trinajstić information content (AvgIpc) is 3.11. The minimum Gasteiger partial charge on any atom is -0.383 e. The van der Waals surface area contributed by atoms with E-state index in [0.29, 0.717) is 25.6 Å². The van der Waals surface area contributed by atoms with Gasteiger partial charge in [-0.05, 0) is 57.8 Å². The largest absolute Gasteiger partial charge is 0.389 e. The molecule has 1 amide bonds. The summed E-state index contributed by atoms with van der Waals surface area (Å²) >= 11 is 0. The monoisotopic (exact) mass is 407 g/mol. The van der Waals surface area contributed by atoms with Crippen LogP contribution in [0.2, 0.25) is 0 Å². The van der Waals surface area contributed by atoms with Gasteiger partial charge in [0.15, 0.2) is 0 Å². The van der Waals surface area contributed by atoms with Gasteiger partial charge < -0.3 is 14.5 Å². The van der Waals surface area contributed by atoms with Gasteiger partial charge in [0.2, 0.25) is 5.91 Å². The van der Waals surface area contributed by atoms with Gasteiger partial charge in [0, 0.05) is 39.2 Å². The highest BCUT2D eigenvalue weighted by molar-refractivity contribution is 5.76. The Morgan fingerprint density at radius 2 is 1.86 bits per heavy atom. The lowest BCUT2D eigenvalue weighted by molar-refractivity contribution is -0.150. The number of rotatable bonds is 10. The Kier molecular flexibility index (Phi) is 9.50. The maximum absolute atomic E-state index is 12.6. The van der Waals surface area contributed by atoms with Gasteiger partial charge in [0.05, 0.1) is 13.0 Å². The number of likely N-dealkylation sites (N-methyl/N-ethyl adjacent to an activating group) is 1. The lowest BCUT2D eigenvalue weighted by Crippen LogP contribution is -2.46. The van der Waals surface area contributed by atoms with Crippen LogP contribution < -0.4 is 0 Å². The van der Waals surface area contributed by atoms with E-state index in [4.69, 9.17) is 4.74 Å². The van der Waals surface area contributed by atoms with Crippen LogP contribution in [0, 0.1) is 5.92 Å². The molecule has 0 unspecified atom stereocenters. The first kappa shape index (κ1) is 23.4. The molecule has 1 atom stereocenters. The zero-order chi connectivity index (χ0) is 20.6. The third-order valence-corrected chi connectivity index (χ3v) is 6.11. The maximum atomic E-state index is 12.6. The number of ether oxygens (including phenoxy) is 1. The van der Waals surface area contributed by atoms with Crippen molar-refractivity contribution in [2.45, 2.75) is 57.7 Å². The Morgan fingerprint density at radius 3 is 2.46 bits per heavy atom. The minimum absolute atomic E-state index is 0.279. The fraction of sp³-hybridized carbons (Fsp3) is 0.950. The van der Waals surface area contributed by atoms with E-state index in [1.807, 2.05) is 0 Å². The Bertz CT molecular complexity index is 468. The predicted molar refractivity (Wildman–Crippen MR) is 103 cm³/mol. The second kappa shape index (κ2) is 11.4. The molecule has 0 aromatic rings. The van der Waals surface area contributed by atoms with Crippen molar-refractivity contribution in [2.24, 2.45) is 5.92 Å². The number of hydrogen-bond donors (Lipinski definition) is 0. The van der Waals surface area contributed by atoms with E-state index in [0.717, 1.165) is 58.4 Å². The molecule has 164 valence electrons. The first-order valence-electron chi connectivity index (χ1n) is 10.6.